The van der Waals surface area contributed by atoms with E-state index in [-0.39, 0.29) is 5.76 Å². The molecule has 0 aliphatic carbocycles. The Morgan fingerprint density at radius 2 is 1.95 bits per heavy atom. The van der Waals surface area contributed by atoms with Gasteiger partial charge in [0, 0.05) is 11.8 Å². The summed E-state index contributed by atoms with van der Waals surface area (Å²) in [7, 11) is 0. The maximum absolute atomic E-state index is 12.1. The van der Waals surface area contributed by atoms with Crippen LogP contribution < -0.4 is 5.32 Å². The third kappa shape index (κ3) is 3.72. The molecule has 0 aliphatic rings. The van der Waals surface area contributed by atoms with Crippen molar-refractivity contribution < 1.29 is 18.8 Å². The number of nitrogens with zero attached hydrogens (tertiary/aromatic N) is 1. The lowest BCUT2D eigenvalue weighted by atomic mass is 10.1. The summed E-state index contributed by atoms with van der Waals surface area (Å²) in [4.78, 5) is 23.9. The fourth-order valence-corrected chi connectivity index (χ4v) is 1.84. The monoisotopic (exact) mass is 302 g/mol. The summed E-state index contributed by atoms with van der Waals surface area (Å²) in [6.07, 6.45) is -0.946. The number of nitrogens with one attached hydrogen (secondary N) is 1. The zero-order valence-electron chi connectivity index (χ0n) is 13.0. The molecule has 1 amide bonds. The first-order valence-electron chi connectivity index (χ1n) is 6.89. The number of anilines is 1. The Balaban J connectivity index is 2.00. The number of rotatable bonds is 4. The van der Waals surface area contributed by atoms with E-state index in [4.69, 9.17) is 9.26 Å². The van der Waals surface area contributed by atoms with E-state index in [1.807, 2.05) is 32.0 Å². The lowest BCUT2D eigenvalue weighted by Gasteiger charge is -2.14. The van der Waals surface area contributed by atoms with E-state index in [1.165, 1.54) is 13.0 Å². The predicted molar refractivity (Wildman–Crippen MR) is 80.7 cm³/mol. The number of amides is 1. The maximum Gasteiger partial charge on any atom is 0.377 e. The van der Waals surface area contributed by atoms with Gasteiger partial charge < -0.3 is 14.6 Å². The molecule has 1 aromatic carbocycles. The van der Waals surface area contributed by atoms with Crippen LogP contribution in [-0.2, 0) is 9.53 Å². The molecule has 0 unspecified atom stereocenters. The molecule has 1 aromatic heterocycles. The van der Waals surface area contributed by atoms with Crippen LogP contribution in [0.3, 0.4) is 0 Å². The molecule has 1 atom stereocenters. The number of carbonyl (C=O) groups excluding carboxylic acids is 2. The van der Waals surface area contributed by atoms with Gasteiger partial charge >= 0.3 is 5.97 Å². The van der Waals surface area contributed by atoms with Gasteiger partial charge in [0.2, 0.25) is 5.76 Å². The molecule has 6 nitrogen and oxygen atoms in total. The van der Waals surface area contributed by atoms with E-state index in [0.717, 1.165) is 11.1 Å². The summed E-state index contributed by atoms with van der Waals surface area (Å²) in [5.74, 6) is -1.15. The molecule has 1 N–H and O–H groups in total. The number of carbonyl (C=O) groups is 2. The Hall–Kier alpha value is -2.63. The minimum atomic E-state index is -0.946. The first-order valence-corrected chi connectivity index (χ1v) is 6.89. The lowest BCUT2D eigenvalue weighted by Crippen LogP contribution is -2.30. The minimum Gasteiger partial charge on any atom is -0.447 e. The molecule has 22 heavy (non-hydrogen) atoms. The largest absolute Gasteiger partial charge is 0.447 e. The summed E-state index contributed by atoms with van der Waals surface area (Å²) in [5, 5.41) is 6.35. The number of ether oxygens (including phenoxy) is 1. The van der Waals surface area contributed by atoms with Crippen molar-refractivity contribution in [1.82, 2.24) is 5.16 Å². The van der Waals surface area contributed by atoms with Gasteiger partial charge in [-0.25, -0.2) is 4.79 Å². The highest BCUT2D eigenvalue weighted by atomic mass is 16.6. The van der Waals surface area contributed by atoms with Crippen LogP contribution in [-0.4, -0.2) is 23.1 Å². The first-order chi connectivity index (χ1) is 10.4. The summed E-state index contributed by atoms with van der Waals surface area (Å²) in [6, 6.07) is 7.19. The van der Waals surface area contributed by atoms with E-state index < -0.39 is 18.0 Å². The van der Waals surface area contributed by atoms with Gasteiger partial charge in [-0.2, -0.15) is 0 Å². The van der Waals surface area contributed by atoms with Crippen LogP contribution in [0.1, 0.15) is 34.3 Å². The number of esters is 1. The van der Waals surface area contributed by atoms with Crippen LogP contribution in [0.5, 0.6) is 0 Å². The van der Waals surface area contributed by atoms with Gasteiger partial charge in [0.1, 0.15) is 0 Å². The lowest BCUT2D eigenvalue weighted by molar-refractivity contribution is -0.123. The molecule has 0 saturated carbocycles. The third-order valence-electron chi connectivity index (χ3n) is 3.13. The molecule has 6 heteroatoms. The first kappa shape index (κ1) is 15.8. The molecule has 116 valence electrons. The van der Waals surface area contributed by atoms with E-state index >= 15 is 0 Å². The summed E-state index contributed by atoms with van der Waals surface area (Å²) >= 11 is 0. The minimum absolute atomic E-state index is 0.0242. The highest BCUT2D eigenvalue weighted by Gasteiger charge is 2.22. The number of benzene rings is 1. The Morgan fingerprint density at radius 3 is 2.59 bits per heavy atom. The van der Waals surface area contributed by atoms with Crippen LogP contribution in [0, 0.1) is 20.8 Å². The van der Waals surface area contributed by atoms with Crippen molar-refractivity contribution in [2.45, 2.75) is 33.8 Å². The molecule has 0 radical (unpaired) electrons. The number of hydrogen-bond donors (Lipinski definition) is 1. The average molecular weight is 302 g/mol. The Labute approximate surface area is 128 Å². The van der Waals surface area contributed by atoms with Crippen molar-refractivity contribution in [3.8, 4) is 0 Å². The van der Waals surface area contributed by atoms with Gasteiger partial charge in [-0.3, -0.25) is 4.79 Å². The average Bonchev–Trinajstić information content (AvgIpc) is 2.89. The smallest absolute Gasteiger partial charge is 0.377 e. The van der Waals surface area contributed by atoms with Crippen molar-refractivity contribution in [2.24, 2.45) is 0 Å². The molecule has 0 aliphatic heterocycles. The normalized spacial score (nSPS) is 11.8. The highest BCUT2D eigenvalue weighted by Crippen LogP contribution is 2.17. The molecule has 1 heterocycles. The van der Waals surface area contributed by atoms with E-state index in [2.05, 4.69) is 10.5 Å². The molecule has 0 bridgehead atoms. The quantitative estimate of drug-likeness (QED) is 0.878. The third-order valence-corrected chi connectivity index (χ3v) is 3.13. The van der Waals surface area contributed by atoms with Crippen molar-refractivity contribution in [3.05, 3.63) is 46.8 Å². The van der Waals surface area contributed by atoms with E-state index in [1.54, 1.807) is 6.92 Å². The van der Waals surface area contributed by atoms with Crippen molar-refractivity contribution >= 4 is 17.6 Å². The topological polar surface area (TPSA) is 81.4 Å². The van der Waals surface area contributed by atoms with Crippen molar-refractivity contribution in [2.75, 3.05) is 5.32 Å². The van der Waals surface area contributed by atoms with Gasteiger partial charge in [-0.15, -0.1) is 0 Å². The van der Waals surface area contributed by atoms with Gasteiger partial charge in [-0.05, 0) is 44.9 Å². The molecule has 0 fully saturated rings. The van der Waals surface area contributed by atoms with Crippen LogP contribution in [0.4, 0.5) is 5.69 Å². The Morgan fingerprint density at radius 1 is 1.23 bits per heavy atom. The molecular weight excluding hydrogens is 284 g/mol. The van der Waals surface area contributed by atoms with Crippen LogP contribution in [0.25, 0.3) is 0 Å². The van der Waals surface area contributed by atoms with E-state index in [0.29, 0.717) is 11.4 Å². The van der Waals surface area contributed by atoms with Gasteiger partial charge in [0.15, 0.2) is 6.10 Å². The molecule has 2 aromatic rings. The second kappa shape index (κ2) is 6.43. The zero-order valence-corrected chi connectivity index (χ0v) is 13.0. The van der Waals surface area contributed by atoms with Gasteiger partial charge in [0.25, 0.3) is 5.91 Å². The van der Waals surface area contributed by atoms with Gasteiger partial charge in [-0.1, -0.05) is 17.3 Å². The second-order valence-corrected chi connectivity index (χ2v) is 5.19. The summed E-state index contributed by atoms with van der Waals surface area (Å²) < 4.78 is 9.87. The fourth-order valence-electron chi connectivity index (χ4n) is 1.84. The molecule has 0 saturated heterocycles. The van der Waals surface area contributed by atoms with Crippen LogP contribution in [0.15, 0.2) is 28.8 Å². The fraction of sp³-hybridized carbons (Fsp3) is 0.312. The SMILES string of the molecule is Cc1ccc(C)c(NC(=O)[C@H](C)OC(=O)c2cc(C)no2)c1. The van der Waals surface area contributed by atoms with Crippen LogP contribution >= 0.6 is 0 Å². The number of aryl methyl sites for hydroxylation is 3. The van der Waals surface area contributed by atoms with E-state index in [9.17, 15) is 9.59 Å². The number of hydrogen-bond acceptors (Lipinski definition) is 5. The van der Waals surface area contributed by atoms with Gasteiger partial charge in [0.05, 0.1) is 5.69 Å². The summed E-state index contributed by atoms with van der Waals surface area (Å²) in [5.41, 5.74) is 3.23. The highest BCUT2D eigenvalue weighted by molar-refractivity contribution is 5.97. The molecule has 0 spiro atoms. The molecule has 2 rings (SSSR count). The molecular formula is C16H18N2O4. The Bertz CT molecular complexity index is 706. The van der Waals surface area contributed by atoms with Crippen LogP contribution in [0.2, 0.25) is 0 Å². The standard InChI is InChI=1S/C16H18N2O4/c1-9-5-6-10(2)13(7-9)17-15(19)12(4)21-16(20)14-8-11(3)18-22-14/h5-8,12H,1-4H3,(H,17,19)/t12-/m0/s1. The Kier molecular flexibility index (Phi) is 4.60. The second-order valence-electron chi connectivity index (χ2n) is 5.19. The zero-order chi connectivity index (χ0) is 16.3. The summed E-state index contributed by atoms with van der Waals surface area (Å²) in [6.45, 7) is 7.02. The predicted octanol–water partition coefficient (Wildman–Crippen LogP) is 2.78. The maximum atomic E-state index is 12.1. The number of aromatic nitrogens is 1. The van der Waals surface area contributed by atoms with Crippen molar-refractivity contribution in [1.29, 1.82) is 0 Å². The van der Waals surface area contributed by atoms with Crippen molar-refractivity contribution in [3.63, 3.8) is 0 Å².